The van der Waals surface area contributed by atoms with Crippen LogP contribution < -0.4 is 9.47 Å². The summed E-state index contributed by atoms with van der Waals surface area (Å²) in [4.78, 5) is 10.7. The summed E-state index contributed by atoms with van der Waals surface area (Å²) in [5.41, 5.74) is 2.10. The first-order valence-electron chi connectivity index (χ1n) is 7.69. The average Bonchev–Trinajstić information content (AvgIpc) is 2.53. The van der Waals surface area contributed by atoms with Gasteiger partial charge in [-0.3, -0.25) is 4.79 Å². The van der Waals surface area contributed by atoms with Gasteiger partial charge in [-0.15, -0.1) is 0 Å². The van der Waals surface area contributed by atoms with Gasteiger partial charge in [0.25, 0.3) is 0 Å². The topological polar surface area (TPSA) is 55.8 Å². The van der Waals surface area contributed by atoms with E-state index in [1.807, 2.05) is 62.4 Å². The molecule has 0 saturated heterocycles. The lowest BCUT2D eigenvalue weighted by molar-refractivity contribution is -0.137. The molecule has 2 aromatic carbocycles. The number of ether oxygens (including phenoxy) is 2. The van der Waals surface area contributed by atoms with Crippen molar-refractivity contribution in [2.24, 2.45) is 0 Å². The molecule has 0 aliphatic rings. The summed E-state index contributed by atoms with van der Waals surface area (Å²) in [5, 5.41) is 8.82. The van der Waals surface area contributed by atoms with E-state index in [1.54, 1.807) is 0 Å². The van der Waals surface area contributed by atoms with Crippen molar-refractivity contribution >= 4 is 5.97 Å². The molecule has 0 saturated carbocycles. The van der Waals surface area contributed by atoms with E-state index in [0.717, 1.165) is 22.6 Å². The number of carbonyl (C=O) groups is 1. The van der Waals surface area contributed by atoms with Gasteiger partial charge in [-0.05, 0) is 42.2 Å². The molecule has 2 aromatic rings. The van der Waals surface area contributed by atoms with Gasteiger partial charge in [-0.25, -0.2) is 0 Å². The Morgan fingerprint density at radius 3 is 2.35 bits per heavy atom. The Morgan fingerprint density at radius 1 is 1.04 bits per heavy atom. The molecule has 0 aromatic heterocycles. The maximum absolute atomic E-state index is 10.7. The van der Waals surface area contributed by atoms with Crippen LogP contribution >= 0.6 is 0 Å². The van der Waals surface area contributed by atoms with E-state index in [0.29, 0.717) is 13.2 Å². The first-order chi connectivity index (χ1) is 11.1. The predicted octanol–water partition coefficient (Wildman–Crippen LogP) is 4.03. The molecule has 1 N–H and O–H groups in total. The van der Waals surface area contributed by atoms with Gasteiger partial charge in [0, 0.05) is 0 Å². The highest BCUT2D eigenvalue weighted by Crippen LogP contribution is 2.22. The average molecular weight is 314 g/mol. The number of hydrogen-bond donors (Lipinski definition) is 1. The molecule has 23 heavy (non-hydrogen) atoms. The molecule has 0 fully saturated rings. The van der Waals surface area contributed by atoms with E-state index < -0.39 is 5.97 Å². The Bertz CT molecular complexity index is 634. The quantitative estimate of drug-likeness (QED) is 0.747. The number of rotatable bonds is 8. The Labute approximate surface area is 136 Å². The molecular formula is C19H22O4. The number of hydrogen-bond acceptors (Lipinski definition) is 3. The van der Waals surface area contributed by atoms with Gasteiger partial charge in [-0.2, -0.15) is 0 Å². The molecule has 0 aliphatic carbocycles. The maximum atomic E-state index is 10.7. The van der Waals surface area contributed by atoms with Crippen molar-refractivity contribution in [3.8, 4) is 11.5 Å². The molecule has 0 spiro atoms. The smallest absolute Gasteiger partial charge is 0.303 e. The predicted molar refractivity (Wildman–Crippen MR) is 89.3 cm³/mol. The number of para-hydroxylation sites is 1. The maximum Gasteiger partial charge on any atom is 0.303 e. The molecular weight excluding hydrogens is 292 g/mol. The second-order valence-corrected chi connectivity index (χ2v) is 5.53. The fraction of sp³-hybridized carbons (Fsp3) is 0.316. The van der Waals surface area contributed by atoms with Crippen LogP contribution in [0.3, 0.4) is 0 Å². The summed E-state index contributed by atoms with van der Waals surface area (Å²) < 4.78 is 11.3. The summed E-state index contributed by atoms with van der Waals surface area (Å²) in [6, 6.07) is 15.4. The molecule has 0 aliphatic heterocycles. The van der Waals surface area contributed by atoms with Crippen molar-refractivity contribution < 1.29 is 19.4 Å². The van der Waals surface area contributed by atoms with Crippen LogP contribution in [-0.2, 0) is 4.79 Å². The van der Waals surface area contributed by atoms with Crippen LogP contribution in [0.25, 0.3) is 0 Å². The van der Waals surface area contributed by atoms with Gasteiger partial charge in [-0.1, -0.05) is 37.3 Å². The number of aryl methyl sites for hydroxylation is 1. The molecule has 122 valence electrons. The molecule has 4 nitrogen and oxygen atoms in total. The monoisotopic (exact) mass is 314 g/mol. The minimum atomic E-state index is -0.786. The van der Waals surface area contributed by atoms with Crippen molar-refractivity contribution in [3.63, 3.8) is 0 Å². The lowest BCUT2D eigenvalue weighted by Gasteiger charge is -2.12. The Balaban J connectivity index is 1.78. The highest BCUT2D eigenvalue weighted by atomic mass is 16.5. The Hall–Kier alpha value is -2.49. The largest absolute Gasteiger partial charge is 0.490 e. The van der Waals surface area contributed by atoms with E-state index in [-0.39, 0.29) is 12.3 Å². The first-order valence-corrected chi connectivity index (χ1v) is 7.69. The van der Waals surface area contributed by atoms with Crippen LogP contribution in [0.2, 0.25) is 0 Å². The minimum absolute atomic E-state index is 0.00839. The van der Waals surface area contributed by atoms with Crippen LogP contribution in [0, 0.1) is 6.92 Å². The molecule has 2 rings (SSSR count). The van der Waals surface area contributed by atoms with Crippen molar-refractivity contribution in [2.75, 3.05) is 13.2 Å². The third-order valence-corrected chi connectivity index (χ3v) is 3.63. The molecule has 1 atom stereocenters. The summed E-state index contributed by atoms with van der Waals surface area (Å²) in [6.07, 6.45) is 0.129. The van der Waals surface area contributed by atoms with Crippen molar-refractivity contribution in [1.82, 2.24) is 0 Å². The van der Waals surface area contributed by atoms with Gasteiger partial charge in [0.05, 0.1) is 6.42 Å². The third kappa shape index (κ3) is 5.33. The van der Waals surface area contributed by atoms with Crippen LogP contribution in [0.15, 0.2) is 48.5 Å². The molecule has 0 heterocycles. The number of aliphatic carboxylic acids is 1. The van der Waals surface area contributed by atoms with Crippen LogP contribution in [-0.4, -0.2) is 24.3 Å². The number of carboxylic acid groups (broad SMARTS) is 1. The van der Waals surface area contributed by atoms with Gasteiger partial charge >= 0.3 is 5.97 Å². The molecule has 0 amide bonds. The van der Waals surface area contributed by atoms with Crippen molar-refractivity contribution in [1.29, 1.82) is 0 Å². The fourth-order valence-electron chi connectivity index (χ4n) is 2.30. The SMILES string of the molecule is Cc1ccccc1OCCOc1ccc(C(C)CC(=O)O)cc1. The zero-order valence-electron chi connectivity index (χ0n) is 13.5. The van der Waals surface area contributed by atoms with Gasteiger partial charge in [0.1, 0.15) is 24.7 Å². The van der Waals surface area contributed by atoms with E-state index >= 15 is 0 Å². The van der Waals surface area contributed by atoms with Crippen LogP contribution in [0.4, 0.5) is 0 Å². The van der Waals surface area contributed by atoms with Crippen molar-refractivity contribution in [3.05, 3.63) is 59.7 Å². The molecule has 1 unspecified atom stereocenters. The Kier molecular flexibility index (Phi) is 6.03. The van der Waals surface area contributed by atoms with E-state index in [1.165, 1.54) is 0 Å². The second kappa shape index (κ2) is 8.22. The third-order valence-electron chi connectivity index (χ3n) is 3.63. The zero-order valence-corrected chi connectivity index (χ0v) is 13.5. The highest BCUT2D eigenvalue weighted by Gasteiger charge is 2.10. The van der Waals surface area contributed by atoms with E-state index in [4.69, 9.17) is 14.6 Å². The minimum Gasteiger partial charge on any atom is -0.490 e. The normalized spacial score (nSPS) is 11.7. The van der Waals surface area contributed by atoms with E-state index in [9.17, 15) is 4.79 Å². The second-order valence-electron chi connectivity index (χ2n) is 5.53. The molecule has 4 heteroatoms. The lowest BCUT2D eigenvalue weighted by Crippen LogP contribution is -2.09. The molecule has 0 bridgehead atoms. The fourth-order valence-corrected chi connectivity index (χ4v) is 2.30. The summed E-state index contributed by atoms with van der Waals surface area (Å²) in [5.74, 6) is 0.829. The summed E-state index contributed by atoms with van der Waals surface area (Å²) in [7, 11) is 0. The van der Waals surface area contributed by atoms with Crippen LogP contribution in [0.5, 0.6) is 11.5 Å². The summed E-state index contributed by atoms with van der Waals surface area (Å²) in [6.45, 7) is 4.84. The Morgan fingerprint density at radius 2 is 1.70 bits per heavy atom. The van der Waals surface area contributed by atoms with Gasteiger partial charge in [0.15, 0.2) is 0 Å². The highest BCUT2D eigenvalue weighted by molar-refractivity contribution is 5.67. The number of benzene rings is 2. The van der Waals surface area contributed by atoms with Gasteiger partial charge in [0.2, 0.25) is 0 Å². The first kappa shape index (κ1) is 16.9. The van der Waals surface area contributed by atoms with E-state index in [2.05, 4.69) is 0 Å². The number of carboxylic acids is 1. The van der Waals surface area contributed by atoms with Gasteiger partial charge < -0.3 is 14.6 Å². The molecule has 0 radical (unpaired) electrons. The lowest BCUT2D eigenvalue weighted by atomic mass is 9.98. The van der Waals surface area contributed by atoms with Crippen molar-refractivity contribution in [2.45, 2.75) is 26.2 Å². The summed E-state index contributed by atoms with van der Waals surface area (Å²) >= 11 is 0. The standard InChI is InChI=1S/C19H22O4/c1-14-5-3-4-6-18(14)23-12-11-22-17-9-7-16(8-10-17)15(2)13-19(20)21/h3-10,15H,11-13H2,1-2H3,(H,20,21). The zero-order chi connectivity index (χ0) is 16.7. The van der Waals surface area contributed by atoms with Crippen LogP contribution in [0.1, 0.15) is 30.4 Å².